The highest BCUT2D eigenvalue weighted by atomic mass is 32.2. The van der Waals surface area contributed by atoms with E-state index in [1.165, 1.54) is 0 Å². The number of hydrogen-bond donors (Lipinski definition) is 1. The van der Waals surface area contributed by atoms with Crippen molar-refractivity contribution in [3.63, 3.8) is 0 Å². The van der Waals surface area contributed by atoms with Gasteiger partial charge in [0.25, 0.3) is 5.95 Å². The zero-order valence-electron chi connectivity index (χ0n) is 20.6. The number of carbonyl (C=O) groups is 1. The highest BCUT2D eigenvalue weighted by Gasteiger charge is 2.18. The lowest BCUT2D eigenvalue weighted by molar-refractivity contribution is -0.120. The summed E-state index contributed by atoms with van der Waals surface area (Å²) in [6.07, 6.45) is 3.89. The van der Waals surface area contributed by atoms with Crippen molar-refractivity contribution in [1.82, 2.24) is 39.8 Å². The van der Waals surface area contributed by atoms with E-state index in [0.717, 1.165) is 58.7 Å². The molecular formula is C23H34N8OS. The molecule has 0 aliphatic heterocycles. The predicted octanol–water partition coefficient (Wildman–Crippen LogP) is 3.16. The van der Waals surface area contributed by atoms with Crippen LogP contribution < -0.4 is 5.32 Å². The van der Waals surface area contributed by atoms with Crippen LogP contribution in [0.15, 0.2) is 11.2 Å². The maximum atomic E-state index is 12.6. The van der Waals surface area contributed by atoms with Gasteiger partial charge in [0.05, 0.1) is 12.1 Å². The Labute approximate surface area is 199 Å². The molecule has 0 aliphatic carbocycles. The van der Waals surface area contributed by atoms with Gasteiger partial charge in [0.2, 0.25) is 5.91 Å². The topological polar surface area (TPSA) is 103 Å². The van der Waals surface area contributed by atoms with Gasteiger partial charge in [0.15, 0.2) is 5.16 Å². The summed E-state index contributed by atoms with van der Waals surface area (Å²) in [5.74, 6) is 2.01. The molecule has 10 heteroatoms. The smallest absolute Gasteiger partial charge is 0.251 e. The van der Waals surface area contributed by atoms with Gasteiger partial charge in [0, 0.05) is 42.2 Å². The molecule has 1 N–H and O–H groups in total. The van der Waals surface area contributed by atoms with Gasteiger partial charge in [-0.05, 0) is 52.4 Å². The monoisotopic (exact) mass is 470 g/mol. The maximum Gasteiger partial charge on any atom is 0.251 e. The van der Waals surface area contributed by atoms with E-state index in [2.05, 4.69) is 49.0 Å². The van der Waals surface area contributed by atoms with Crippen LogP contribution in [0.4, 0.5) is 0 Å². The van der Waals surface area contributed by atoms with Gasteiger partial charge in [-0.25, -0.2) is 14.6 Å². The third-order valence-electron chi connectivity index (χ3n) is 5.36. The van der Waals surface area contributed by atoms with Crippen LogP contribution in [0.25, 0.3) is 5.95 Å². The SMILES string of the molecule is CSc1nnc(CCCNC(=O)Cc2c(C)nn(-c3nc(C)cc(C)n3)c2C)n1CC(C)C. The van der Waals surface area contributed by atoms with Gasteiger partial charge >= 0.3 is 0 Å². The molecule has 3 aromatic rings. The first-order valence-corrected chi connectivity index (χ1v) is 12.5. The summed E-state index contributed by atoms with van der Waals surface area (Å²) in [4.78, 5) is 21.6. The van der Waals surface area contributed by atoms with Crippen LogP contribution in [0.2, 0.25) is 0 Å². The molecule has 0 saturated carbocycles. The van der Waals surface area contributed by atoms with E-state index < -0.39 is 0 Å². The zero-order chi connectivity index (χ0) is 24.1. The van der Waals surface area contributed by atoms with Gasteiger partial charge < -0.3 is 9.88 Å². The Kier molecular flexibility index (Phi) is 8.23. The predicted molar refractivity (Wildman–Crippen MR) is 130 cm³/mol. The van der Waals surface area contributed by atoms with Crippen molar-refractivity contribution in [2.75, 3.05) is 12.8 Å². The minimum Gasteiger partial charge on any atom is -0.356 e. The van der Waals surface area contributed by atoms with Crippen LogP contribution in [0, 0.1) is 33.6 Å². The van der Waals surface area contributed by atoms with E-state index in [-0.39, 0.29) is 12.3 Å². The molecule has 0 aromatic carbocycles. The fourth-order valence-electron chi connectivity index (χ4n) is 3.83. The van der Waals surface area contributed by atoms with Gasteiger partial charge in [-0.15, -0.1) is 10.2 Å². The Bertz CT molecular complexity index is 1100. The molecule has 1 amide bonds. The van der Waals surface area contributed by atoms with Gasteiger partial charge in [-0.1, -0.05) is 25.6 Å². The summed E-state index contributed by atoms with van der Waals surface area (Å²) < 4.78 is 3.91. The highest BCUT2D eigenvalue weighted by Crippen LogP contribution is 2.18. The van der Waals surface area contributed by atoms with Crippen LogP contribution >= 0.6 is 11.8 Å². The fourth-order valence-corrected chi connectivity index (χ4v) is 4.35. The summed E-state index contributed by atoms with van der Waals surface area (Å²) in [5.41, 5.74) is 4.39. The van der Waals surface area contributed by atoms with Crippen LogP contribution in [0.5, 0.6) is 0 Å². The number of amides is 1. The van der Waals surface area contributed by atoms with E-state index in [9.17, 15) is 4.79 Å². The lowest BCUT2D eigenvalue weighted by Gasteiger charge is -2.12. The minimum atomic E-state index is -0.0180. The van der Waals surface area contributed by atoms with E-state index in [4.69, 9.17) is 0 Å². The van der Waals surface area contributed by atoms with E-state index in [1.54, 1.807) is 16.4 Å². The van der Waals surface area contributed by atoms with Gasteiger partial charge in [-0.3, -0.25) is 4.79 Å². The number of nitrogens with one attached hydrogen (secondary N) is 1. The Balaban J connectivity index is 1.58. The minimum absolute atomic E-state index is 0.0180. The fraction of sp³-hybridized carbons (Fsp3) is 0.565. The molecule has 0 atom stereocenters. The van der Waals surface area contributed by atoms with Crippen molar-refractivity contribution < 1.29 is 4.79 Å². The maximum absolute atomic E-state index is 12.6. The van der Waals surface area contributed by atoms with Crippen molar-refractivity contribution in [2.45, 2.75) is 72.5 Å². The number of rotatable bonds is 10. The zero-order valence-corrected chi connectivity index (χ0v) is 21.5. The molecule has 0 aliphatic rings. The Morgan fingerprint density at radius 1 is 1.12 bits per heavy atom. The molecule has 178 valence electrons. The van der Waals surface area contributed by atoms with Gasteiger partial charge in [-0.2, -0.15) is 5.10 Å². The first-order valence-electron chi connectivity index (χ1n) is 11.3. The van der Waals surface area contributed by atoms with Crippen molar-refractivity contribution in [1.29, 1.82) is 0 Å². The van der Waals surface area contributed by atoms with E-state index >= 15 is 0 Å². The first-order chi connectivity index (χ1) is 15.7. The normalized spacial score (nSPS) is 11.4. The molecule has 0 spiro atoms. The van der Waals surface area contributed by atoms with Crippen LogP contribution in [-0.2, 0) is 24.2 Å². The molecule has 0 fully saturated rings. The summed E-state index contributed by atoms with van der Waals surface area (Å²) in [6, 6.07) is 1.93. The molecule has 0 bridgehead atoms. The second-order valence-electron chi connectivity index (χ2n) is 8.75. The molecule has 0 radical (unpaired) electrons. The largest absolute Gasteiger partial charge is 0.356 e. The van der Waals surface area contributed by atoms with E-state index in [0.29, 0.717) is 18.4 Å². The molecule has 33 heavy (non-hydrogen) atoms. The lowest BCUT2D eigenvalue weighted by atomic mass is 10.1. The molecule has 9 nitrogen and oxygen atoms in total. The van der Waals surface area contributed by atoms with Crippen LogP contribution in [0.3, 0.4) is 0 Å². The summed E-state index contributed by atoms with van der Waals surface area (Å²) in [5, 5.41) is 17.2. The second kappa shape index (κ2) is 10.9. The number of aromatic nitrogens is 7. The van der Waals surface area contributed by atoms with Crippen molar-refractivity contribution in [3.05, 3.63) is 40.2 Å². The van der Waals surface area contributed by atoms with Gasteiger partial charge in [0.1, 0.15) is 5.82 Å². The molecule has 0 saturated heterocycles. The summed E-state index contributed by atoms with van der Waals surface area (Å²) in [6.45, 7) is 13.6. The van der Waals surface area contributed by atoms with Crippen LogP contribution in [-0.4, -0.2) is 53.2 Å². The van der Waals surface area contributed by atoms with Crippen molar-refractivity contribution in [3.8, 4) is 5.95 Å². The quantitative estimate of drug-likeness (QED) is 0.358. The van der Waals surface area contributed by atoms with Crippen molar-refractivity contribution >= 4 is 17.7 Å². The third kappa shape index (κ3) is 6.19. The number of nitrogens with zero attached hydrogens (tertiary/aromatic N) is 7. The van der Waals surface area contributed by atoms with Crippen molar-refractivity contribution in [2.24, 2.45) is 5.92 Å². The number of thioether (sulfide) groups is 1. The molecule has 3 aromatic heterocycles. The lowest BCUT2D eigenvalue weighted by Crippen LogP contribution is -2.27. The molecule has 3 rings (SSSR count). The second-order valence-corrected chi connectivity index (χ2v) is 9.52. The molecule has 0 unspecified atom stereocenters. The van der Waals surface area contributed by atoms with Crippen LogP contribution in [0.1, 0.15) is 54.4 Å². The standard InChI is InChI=1S/C23H34N8OS/c1-14(2)13-30-20(27-28-23(30)33-7)9-8-10-24-21(32)12-19-17(5)29-31(18(19)6)22-25-15(3)11-16(4)26-22/h11,14H,8-10,12-13H2,1-7H3,(H,24,32). The van der Waals surface area contributed by atoms with E-state index in [1.807, 2.05) is 40.0 Å². The Morgan fingerprint density at radius 2 is 1.82 bits per heavy atom. The highest BCUT2D eigenvalue weighted by molar-refractivity contribution is 7.98. The Morgan fingerprint density at radius 3 is 2.45 bits per heavy atom. The Hall–Kier alpha value is -2.75. The average Bonchev–Trinajstić information content (AvgIpc) is 3.25. The average molecular weight is 471 g/mol. The third-order valence-corrected chi connectivity index (χ3v) is 6.03. The first kappa shape index (κ1) is 24.9. The summed E-state index contributed by atoms with van der Waals surface area (Å²) in [7, 11) is 0. The number of hydrogen-bond acceptors (Lipinski definition) is 7. The summed E-state index contributed by atoms with van der Waals surface area (Å²) >= 11 is 1.61. The number of aryl methyl sites for hydroxylation is 4. The number of carbonyl (C=O) groups excluding carboxylic acids is 1. The molecule has 3 heterocycles. The molecular weight excluding hydrogens is 436 g/mol.